The van der Waals surface area contributed by atoms with Crippen molar-refractivity contribution >= 4 is 32.5 Å². The molecule has 1 atom stereocenters. The van der Waals surface area contributed by atoms with E-state index in [1.54, 1.807) is 6.07 Å². The number of nitrogens with one attached hydrogen (secondary N) is 1. The summed E-state index contributed by atoms with van der Waals surface area (Å²) in [4.78, 5) is 18.7. The van der Waals surface area contributed by atoms with Gasteiger partial charge < -0.3 is 5.32 Å². The van der Waals surface area contributed by atoms with Crippen molar-refractivity contribution in [1.29, 1.82) is 0 Å². The summed E-state index contributed by atoms with van der Waals surface area (Å²) in [5.74, 6) is -0.350. The van der Waals surface area contributed by atoms with E-state index >= 15 is 0 Å². The molecule has 3 aromatic carbocycles. The van der Waals surface area contributed by atoms with Crippen molar-refractivity contribution < 1.29 is 13.2 Å². The van der Waals surface area contributed by atoms with Crippen molar-refractivity contribution in [2.75, 3.05) is 17.6 Å². The summed E-state index contributed by atoms with van der Waals surface area (Å²) in [6.45, 7) is 2.00. The lowest BCUT2D eigenvalue weighted by molar-refractivity contribution is 0.0938. The summed E-state index contributed by atoms with van der Waals surface area (Å²) in [7, 11) is -2.23. The smallest absolute Gasteiger partial charge is 0.254 e. The Bertz CT molecular complexity index is 1420. The van der Waals surface area contributed by atoms with Crippen LogP contribution in [0.3, 0.4) is 0 Å². The first-order valence-electron chi connectivity index (χ1n) is 11.1. The lowest BCUT2D eigenvalue weighted by atomic mass is 9.99. The Balaban J connectivity index is 1.98. The molecule has 0 aliphatic carbocycles. The topological polar surface area (TPSA) is 79.4 Å². The molecule has 1 amide bonds. The fraction of sp³-hybridized carbons (Fsp3) is 0.185. The van der Waals surface area contributed by atoms with Crippen LogP contribution in [0.4, 0.5) is 5.69 Å². The second-order valence-corrected chi connectivity index (χ2v) is 10.2. The molecule has 0 saturated heterocycles. The maximum Gasteiger partial charge on any atom is 0.254 e. The third kappa shape index (κ3) is 4.65. The van der Waals surface area contributed by atoms with E-state index in [9.17, 15) is 13.2 Å². The number of nitrogens with zero attached hydrogens (tertiary/aromatic N) is 2. The molecule has 1 N–H and O–H groups in total. The largest absolute Gasteiger partial charge is 0.345 e. The van der Waals surface area contributed by atoms with Crippen LogP contribution in [0.1, 0.15) is 35.3 Å². The molecule has 4 rings (SSSR count). The average molecular weight is 474 g/mol. The number of hydrogen-bond acceptors (Lipinski definition) is 4. The molecule has 0 aliphatic rings. The molecule has 0 saturated carbocycles. The molecule has 1 heterocycles. The zero-order chi connectivity index (χ0) is 24.3. The number of rotatable bonds is 7. The van der Waals surface area contributed by atoms with Gasteiger partial charge in [0.25, 0.3) is 5.91 Å². The molecule has 1 aromatic heterocycles. The maximum atomic E-state index is 13.9. The van der Waals surface area contributed by atoms with Crippen LogP contribution in [0.15, 0.2) is 84.9 Å². The molecule has 0 bridgehead atoms. The van der Waals surface area contributed by atoms with Gasteiger partial charge in [0.1, 0.15) is 0 Å². The second-order valence-electron chi connectivity index (χ2n) is 8.14. The number of anilines is 1. The van der Waals surface area contributed by atoms with Crippen molar-refractivity contribution in [2.24, 2.45) is 0 Å². The highest BCUT2D eigenvalue weighted by atomic mass is 32.2. The van der Waals surface area contributed by atoms with Gasteiger partial charge in [-0.2, -0.15) is 0 Å². The Morgan fingerprint density at radius 1 is 0.941 bits per heavy atom. The molecule has 6 nitrogen and oxygen atoms in total. The molecule has 0 radical (unpaired) electrons. The molecular formula is C27H27N3O3S. The minimum atomic E-state index is -3.68. The summed E-state index contributed by atoms with van der Waals surface area (Å²) in [5.41, 5.74) is 3.30. The summed E-state index contributed by atoms with van der Waals surface area (Å²) < 4.78 is 26.5. The minimum absolute atomic E-state index is 0.225. The number of sulfonamides is 1. The van der Waals surface area contributed by atoms with Gasteiger partial charge in [0, 0.05) is 18.0 Å². The number of carbonyl (C=O) groups is 1. The lowest BCUT2D eigenvalue weighted by Crippen LogP contribution is -2.33. The van der Waals surface area contributed by atoms with E-state index in [-0.39, 0.29) is 23.2 Å². The van der Waals surface area contributed by atoms with E-state index in [4.69, 9.17) is 4.98 Å². The first-order chi connectivity index (χ1) is 16.3. The van der Waals surface area contributed by atoms with Crippen LogP contribution in [0.5, 0.6) is 0 Å². The van der Waals surface area contributed by atoms with E-state index < -0.39 is 10.0 Å². The number of para-hydroxylation sites is 1. The molecule has 174 valence electrons. The van der Waals surface area contributed by atoms with E-state index in [1.807, 2.05) is 85.8 Å². The van der Waals surface area contributed by atoms with Crippen molar-refractivity contribution in [1.82, 2.24) is 10.3 Å². The van der Waals surface area contributed by atoms with Gasteiger partial charge in [-0.15, -0.1) is 0 Å². The van der Waals surface area contributed by atoms with Crippen molar-refractivity contribution in [3.05, 3.63) is 96.1 Å². The van der Waals surface area contributed by atoms with Crippen molar-refractivity contribution in [3.8, 4) is 11.3 Å². The van der Waals surface area contributed by atoms with Crippen LogP contribution >= 0.6 is 0 Å². The number of pyridine rings is 1. The standard InChI is InChI=1S/C27H27N3O3S/c1-4-22(19-13-7-5-8-14-19)29-27(31)24-21-17-11-12-18-23(21)28-25(20-15-9-6-10-16-20)26(24)30(2)34(3,32)33/h5-18,22H,4H2,1-3H3,(H,29,31)/t22-/m0/s1. The zero-order valence-electron chi connectivity index (χ0n) is 19.4. The van der Waals surface area contributed by atoms with Crippen LogP contribution in [0, 0.1) is 0 Å². The van der Waals surface area contributed by atoms with Gasteiger partial charge in [-0.1, -0.05) is 85.8 Å². The van der Waals surface area contributed by atoms with Gasteiger partial charge in [0.2, 0.25) is 10.0 Å². The van der Waals surface area contributed by atoms with Gasteiger partial charge in [-0.25, -0.2) is 13.4 Å². The number of carbonyl (C=O) groups excluding carboxylic acids is 1. The van der Waals surface area contributed by atoms with Gasteiger partial charge in [0.15, 0.2) is 0 Å². The quantitative estimate of drug-likeness (QED) is 0.401. The number of aromatic nitrogens is 1. The van der Waals surface area contributed by atoms with Gasteiger partial charge >= 0.3 is 0 Å². The Hall–Kier alpha value is -3.71. The number of fused-ring (bicyclic) bond motifs is 1. The minimum Gasteiger partial charge on any atom is -0.345 e. The molecule has 4 aromatic rings. The first-order valence-corrected chi connectivity index (χ1v) is 12.9. The van der Waals surface area contributed by atoms with Crippen LogP contribution < -0.4 is 9.62 Å². The average Bonchev–Trinajstić information content (AvgIpc) is 2.86. The molecule has 0 aliphatic heterocycles. The van der Waals surface area contributed by atoms with Crippen LogP contribution in [-0.4, -0.2) is 32.6 Å². The predicted octanol–water partition coefficient (Wildman–Crippen LogP) is 5.18. The summed E-state index contributed by atoms with van der Waals surface area (Å²) >= 11 is 0. The monoisotopic (exact) mass is 473 g/mol. The van der Waals surface area contributed by atoms with Crippen LogP contribution in [-0.2, 0) is 10.0 Å². The number of hydrogen-bond donors (Lipinski definition) is 1. The van der Waals surface area contributed by atoms with Crippen molar-refractivity contribution in [3.63, 3.8) is 0 Å². The van der Waals surface area contributed by atoms with E-state index in [1.165, 1.54) is 7.05 Å². The highest BCUT2D eigenvalue weighted by Gasteiger charge is 2.29. The Morgan fingerprint density at radius 3 is 2.15 bits per heavy atom. The van der Waals surface area contributed by atoms with Crippen LogP contribution in [0.2, 0.25) is 0 Å². The Labute approximate surface area is 200 Å². The molecule has 0 spiro atoms. The van der Waals surface area contributed by atoms with E-state index in [2.05, 4.69) is 5.32 Å². The number of benzene rings is 3. The Kier molecular flexibility index (Phi) is 6.65. The highest BCUT2D eigenvalue weighted by Crippen LogP contribution is 2.38. The highest BCUT2D eigenvalue weighted by molar-refractivity contribution is 7.92. The summed E-state index contributed by atoms with van der Waals surface area (Å²) in [6, 6.07) is 26.1. The zero-order valence-corrected chi connectivity index (χ0v) is 20.2. The van der Waals surface area contributed by atoms with Gasteiger partial charge in [-0.05, 0) is 18.1 Å². The predicted molar refractivity (Wildman–Crippen MR) is 137 cm³/mol. The van der Waals surface area contributed by atoms with Crippen molar-refractivity contribution in [2.45, 2.75) is 19.4 Å². The fourth-order valence-electron chi connectivity index (χ4n) is 4.04. The third-order valence-electron chi connectivity index (χ3n) is 5.87. The van der Waals surface area contributed by atoms with E-state index in [0.717, 1.165) is 21.7 Å². The second kappa shape index (κ2) is 9.65. The number of amides is 1. The lowest BCUT2D eigenvalue weighted by Gasteiger charge is -2.25. The molecular weight excluding hydrogens is 446 g/mol. The van der Waals surface area contributed by atoms with Gasteiger partial charge in [-0.3, -0.25) is 9.10 Å². The molecule has 0 fully saturated rings. The first kappa shape index (κ1) is 23.4. The summed E-state index contributed by atoms with van der Waals surface area (Å²) in [6.07, 6.45) is 1.80. The van der Waals surface area contributed by atoms with E-state index in [0.29, 0.717) is 23.0 Å². The molecule has 7 heteroatoms. The van der Waals surface area contributed by atoms with Gasteiger partial charge in [0.05, 0.1) is 34.8 Å². The summed E-state index contributed by atoms with van der Waals surface area (Å²) in [5, 5.41) is 3.72. The third-order valence-corrected chi connectivity index (χ3v) is 7.05. The maximum absolute atomic E-state index is 13.9. The molecule has 0 unspecified atom stereocenters. The normalized spacial score (nSPS) is 12.3. The Morgan fingerprint density at radius 2 is 1.53 bits per heavy atom. The van der Waals surface area contributed by atoms with Crippen LogP contribution in [0.25, 0.3) is 22.2 Å². The fourth-order valence-corrected chi connectivity index (χ4v) is 4.55. The SMILES string of the molecule is CC[C@H](NC(=O)c1c(N(C)S(C)(=O)=O)c(-c2ccccc2)nc2ccccc12)c1ccccc1. The molecule has 34 heavy (non-hydrogen) atoms.